The van der Waals surface area contributed by atoms with Crippen LogP contribution in [0.25, 0.3) is 22.3 Å². The summed E-state index contributed by atoms with van der Waals surface area (Å²) in [6.07, 6.45) is -16.2. The molecular weight excluding hydrogens is 580 g/mol. The zero-order chi connectivity index (χ0) is 31.3. The Morgan fingerprint density at radius 1 is 0.744 bits per heavy atom. The number of hydrogen-bond donors (Lipinski definition) is 10. The van der Waals surface area contributed by atoms with Crippen molar-refractivity contribution in [3.8, 4) is 40.1 Å². The van der Waals surface area contributed by atoms with Crippen molar-refractivity contribution in [2.75, 3.05) is 6.61 Å². The van der Waals surface area contributed by atoms with Gasteiger partial charge in [-0.15, -0.1) is 0 Å². The molecule has 2 saturated heterocycles. The van der Waals surface area contributed by atoms with E-state index in [2.05, 4.69) is 0 Å². The van der Waals surface area contributed by atoms with Crippen molar-refractivity contribution in [1.82, 2.24) is 0 Å². The highest BCUT2D eigenvalue weighted by Gasteiger charge is 2.47. The molecule has 2 fully saturated rings. The van der Waals surface area contributed by atoms with Crippen LogP contribution in [0.3, 0.4) is 0 Å². The topological polar surface area (TPSA) is 269 Å². The van der Waals surface area contributed by atoms with Gasteiger partial charge in [0.05, 0.1) is 12.7 Å². The molecule has 0 amide bonds. The molecular formula is C27H30O16. The van der Waals surface area contributed by atoms with Crippen molar-refractivity contribution in [2.45, 2.75) is 68.3 Å². The lowest BCUT2D eigenvalue weighted by Gasteiger charge is -2.42. The van der Waals surface area contributed by atoms with Crippen molar-refractivity contribution in [2.24, 2.45) is 0 Å². The summed E-state index contributed by atoms with van der Waals surface area (Å²) in [5.41, 5.74) is -1.35. The number of phenols is 4. The van der Waals surface area contributed by atoms with Gasteiger partial charge in [-0.1, -0.05) is 0 Å². The van der Waals surface area contributed by atoms with E-state index in [1.807, 2.05) is 0 Å². The number of aromatic hydroxyl groups is 4. The lowest BCUT2D eigenvalue weighted by atomic mass is 9.98. The summed E-state index contributed by atoms with van der Waals surface area (Å²) >= 11 is 0. The SMILES string of the molecule is C[C@@H]1O[C@H](OC[C@@H]2O[C@H](Oc3c(-c4ccc(O)c(O)c4)oc4cc(O)cc(O)c4c3=O)[C@H](O)[C@H](O)[C@H]2O)[C@H](O)[C@H](O)[C@H]1O. The predicted octanol–water partition coefficient (Wildman–Crippen LogP) is -1.69. The van der Waals surface area contributed by atoms with E-state index in [0.717, 1.165) is 24.3 Å². The number of aliphatic hydroxyl groups excluding tert-OH is 6. The normalized spacial score (nSPS) is 33.0. The second-order valence-corrected chi connectivity index (χ2v) is 10.3. The largest absolute Gasteiger partial charge is 0.508 e. The molecule has 2 aliphatic rings. The molecule has 2 aromatic carbocycles. The molecule has 0 aliphatic carbocycles. The molecule has 5 rings (SSSR count). The molecule has 10 N–H and O–H groups in total. The van der Waals surface area contributed by atoms with Gasteiger partial charge < -0.3 is 74.4 Å². The zero-order valence-electron chi connectivity index (χ0n) is 22.3. The van der Waals surface area contributed by atoms with Crippen LogP contribution in [0.5, 0.6) is 28.7 Å². The molecule has 0 saturated carbocycles. The second-order valence-electron chi connectivity index (χ2n) is 10.3. The fraction of sp³-hybridized carbons (Fsp3) is 0.444. The molecule has 3 aromatic rings. The molecule has 43 heavy (non-hydrogen) atoms. The van der Waals surface area contributed by atoms with Gasteiger partial charge >= 0.3 is 0 Å². The summed E-state index contributed by atoms with van der Waals surface area (Å²) in [5.74, 6) is -3.33. The number of hydrogen-bond acceptors (Lipinski definition) is 16. The van der Waals surface area contributed by atoms with E-state index < -0.39 is 113 Å². The van der Waals surface area contributed by atoms with Crippen LogP contribution in [-0.4, -0.2) is 119 Å². The van der Waals surface area contributed by atoms with Gasteiger partial charge in [0, 0.05) is 17.7 Å². The number of rotatable bonds is 6. The van der Waals surface area contributed by atoms with Crippen molar-refractivity contribution in [3.63, 3.8) is 0 Å². The Labute approximate surface area is 241 Å². The van der Waals surface area contributed by atoms with Crippen molar-refractivity contribution >= 4 is 11.0 Å². The number of ether oxygens (including phenoxy) is 4. The smallest absolute Gasteiger partial charge is 0.239 e. The van der Waals surface area contributed by atoms with Gasteiger partial charge in [0.1, 0.15) is 65.2 Å². The summed E-state index contributed by atoms with van der Waals surface area (Å²) in [5, 5.41) is 101. The third-order valence-corrected chi connectivity index (χ3v) is 7.29. The summed E-state index contributed by atoms with van der Waals surface area (Å²) in [4.78, 5) is 13.6. The molecule has 10 atom stereocenters. The van der Waals surface area contributed by atoms with E-state index in [1.165, 1.54) is 13.0 Å². The highest BCUT2D eigenvalue weighted by Crippen LogP contribution is 2.39. The fourth-order valence-electron chi connectivity index (χ4n) is 4.84. The molecule has 2 aliphatic heterocycles. The third-order valence-electron chi connectivity index (χ3n) is 7.29. The number of fused-ring (bicyclic) bond motifs is 1. The van der Waals surface area contributed by atoms with E-state index in [4.69, 9.17) is 23.4 Å². The zero-order valence-corrected chi connectivity index (χ0v) is 22.3. The highest BCUT2D eigenvalue weighted by atomic mass is 16.7. The lowest BCUT2D eigenvalue weighted by Crippen LogP contribution is -2.61. The molecule has 0 unspecified atom stereocenters. The van der Waals surface area contributed by atoms with E-state index in [0.29, 0.717) is 0 Å². The average Bonchev–Trinajstić information content (AvgIpc) is 2.96. The van der Waals surface area contributed by atoms with Crippen LogP contribution in [0, 0.1) is 0 Å². The molecule has 3 heterocycles. The Kier molecular flexibility index (Phi) is 8.41. The fourth-order valence-corrected chi connectivity index (χ4v) is 4.84. The Hall–Kier alpha value is -3.71. The van der Waals surface area contributed by atoms with Crippen molar-refractivity contribution in [3.05, 3.63) is 40.6 Å². The monoisotopic (exact) mass is 610 g/mol. The van der Waals surface area contributed by atoms with Crippen LogP contribution in [0.1, 0.15) is 6.92 Å². The van der Waals surface area contributed by atoms with E-state index in [-0.39, 0.29) is 11.1 Å². The van der Waals surface area contributed by atoms with Gasteiger partial charge in [0.15, 0.2) is 23.5 Å². The summed E-state index contributed by atoms with van der Waals surface area (Å²) < 4.78 is 27.8. The maximum atomic E-state index is 13.6. The standard InChI is InChI=1S/C27H30O16/c1-8-17(32)20(35)22(37)26(40-8)39-7-15-18(33)21(36)23(38)27(42-15)43-25-19(34)16-13(31)5-10(28)6-14(16)41-24(25)9-2-3-11(29)12(30)4-9/h2-6,8,15,17-18,20-23,26-33,35-38H,7H2,1H3/t8-,15-,17-,18-,20+,21+,22+,23+,26-,27+/m0/s1. The predicted molar refractivity (Wildman–Crippen MR) is 140 cm³/mol. The summed E-state index contributed by atoms with van der Waals surface area (Å²) in [6.45, 7) is 0.818. The Morgan fingerprint density at radius 3 is 2.12 bits per heavy atom. The number of aliphatic hydroxyl groups is 6. The Morgan fingerprint density at radius 2 is 1.42 bits per heavy atom. The van der Waals surface area contributed by atoms with Crippen LogP contribution >= 0.6 is 0 Å². The minimum atomic E-state index is -1.97. The molecule has 0 spiro atoms. The van der Waals surface area contributed by atoms with Crippen LogP contribution in [0.15, 0.2) is 39.5 Å². The second kappa shape index (κ2) is 11.8. The number of phenolic OH excluding ortho intramolecular Hbond substituents is 4. The van der Waals surface area contributed by atoms with Crippen LogP contribution in [-0.2, 0) is 14.2 Å². The first kappa shape index (κ1) is 30.7. The summed E-state index contributed by atoms with van der Waals surface area (Å²) in [6, 6.07) is 5.24. The van der Waals surface area contributed by atoms with E-state index in [9.17, 15) is 55.9 Å². The van der Waals surface area contributed by atoms with Gasteiger partial charge in [0.2, 0.25) is 17.5 Å². The molecule has 0 radical (unpaired) electrons. The lowest BCUT2D eigenvalue weighted by molar-refractivity contribution is -0.318. The molecule has 234 valence electrons. The van der Waals surface area contributed by atoms with E-state index in [1.54, 1.807) is 0 Å². The van der Waals surface area contributed by atoms with Gasteiger partial charge in [-0.2, -0.15) is 0 Å². The quantitative estimate of drug-likeness (QED) is 0.140. The maximum Gasteiger partial charge on any atom is 0.239 e. The minimum Gasteiger partial charge on any atom is -0.508 e. The van der Waals surface area contributed by atoms with Crippen LogP contribution in [0.2, 0.25) is 0 Å². The first-order valence-electron chi connectivity index (χ1n) is 13.0. The van der Waals surface area contributed by atoms with E-state index >= 15 is 0 Å². The minimum absolute atomic E-state index is 0.0313. The van der Waals surface area contributed by atoms with Crippen LogP contribution in [0.4, 0.5) is 0 Å². The Bertz CT molecular complexity index is 1540. The highest BCUT2D eigenvalue weighted by molar-refractivity contribution is 5.88. The molecule has 16 nitrogen and oxygen atoms in total. The Balaban J connectivity index is 1.48. The van der Waals surface area contributed by atoms with Gasteiger partial charge in [-0.25, -0.2) is 0 Å². The van der Waals surface area contributed by atoms with Crippen molar-refractivity contribution in [1.29, 1.82) is 0 Å². The van der Waals surface area contributed by atoms with Crippen LogP contribution < -0.4 is 10.2 Å². The summed E-state index contributed by atoms with van der Waals surface area (Å²) in [7, 11) is 0. The third kappa shape index (κ3) is 5.67. The van der Waals surface area contributed by atoms with Gasteiger partial charge in [0.25, 0.3) is 0 Å². The first-order valence-corrected chi connectivity index (χ1v) is 13.0. The molecule has 16 heteroatoms. The average molecular weight is 611 g/mol. The molecule has 1 aromatic heterocycles. The molecule has 0 bridgehead atoms. The first-order chi connectivity index (χ1) is 20.3. The number of benzene rings is 2. The van der Waals surface area contributed by atoms with Gasteiger partial charge in [-0.3, -0.25) is 4.79 Å². The van der Waals surface area contributed by atoms with Crippen molar-refractivity contribution < 1.29 is 74.4 Å². The van der Waals surface area contributed by atoms with Gasteiger partial charge in [-0.05, 0) is 25.1 Å². The maximum absolute atomic E-state index is 13.6.